The second-order valence-electron chi connectivity index (χ2n) is 2.35. The van der Waals surface area contributed by atoms with Gasteiger partial charge in [0.2, 0.25) is 0 Å². The molecule has 0 bridgehead atoms. The van der Waals surface area contributed by atoms with E-state index in [4.69, 9.17) is 0 Å². The largest absolute Gasteiger partial charge is 0.255 e. The SMILES string of the molecule is Sc1cccc2cccnc12.[Na]. The van der Waals surface area contributed by atoms with Gasteiger partial charge in [-0.15, -0.1) is 12.6 Å². The number of aromatic nitrogens is 1. The molecular weight excluding hydrogens is 177 g/mol. The van der Waals surface area contributed by atoms with Gasteiger partial charge in [-0.25, -0.2) is 0 Å². The van der Waals surface area contributed by atoms with Crippen LogP contribution in [0.25, 0.3) is 10.9 Å². The van der Waals surface area contributed by atoms with Gasteiger partial charge < -0.3 is 0 Å². The van der Waals surface area contributed by atoms with Crippen LogP contribution in [0.5, 0.6) is 0 Å². The quantitative estimate of drug-likeness (QED) is 0.489. The zero-order valence-corrected chi connectivity index (χ0v) is 9.75. The van der Waals surface area contributed by atoms with Crippen molar-refractivity contribution in [3.8, 4) is 0 Å². The average Bonchev–Trinajstić information content (AvgIpc) is 2.06. The summed E-state index contributed by atoms with van der Waals surface area (Å²) in [7, 11) is 0. The van der Waals surface area contributed by atoms with Gasteiger partial charge in [-0.1, -0.05) is 18.2 Å². The molecule has 0 aliphatic rings. The van der Waals surface area contributed by atoms with Crippen LogP contribution in [0.3, 0.4) is 0 Å². The second-order valence-corrected chi connectivity index (χ2v) is 2.83. The number of para-hydroxylation sites is 1. The molecule has 2 rings (SSSR count). The van der Waals surface area contributed by atoms with E-state index < -0.39 is 0 Å². The number of benzene rings is 1. The molecule has 0 spiro atoms. The third-order valence-electron chi connectivity index (χ3n) is 1.61. The normalized spacial score (nSPS) is 9.42. The zero-order chi connectivity index (χ0) is 7.68. The molecule has 0 amide bonds. The molecule has 0 N–H and O–H groups in total. The summed E-state index contributed by atoms with van der Waals surface area (Å²) in [6.07, 6.45) is 1.78. The van der Waals surface area contributed by atoms with E-state index in [1.807, 2.05) is 30.3 Å². The Morgan fingerprint density at radius 1 is 1.08 bits per heavy atom. The first-order valence-electron chi connectivity index (χ1n) is 3.40. The predicted octanol–water partition coefficient (Wildman–Crippen LogP) is 2.14. The van der Waals surface area contributed by atoms with Crippen molar-refractivity contribution in [3.05, 3.63) is 36.5 Å². The van der Waals surface area contributed by atoms with E-state index in [2.05, 4.69) is 17.6 Å². The standard InChI is InChI=1S/C9H7NS.Na/c11-8-5-1-3-7-4-2-6-10-9(7)8;/h1-6,11H;. The topological polar surface area (TPSA) is 12.9 Å². The summed E-state index contributed by atoms with van der Waals surface area (Å²) in [5.74, 6) is 0. The maximum Gasteiger partial charge on any atom is 0.0835 e. The molecule has 1 aromatic heterocycles. The first kappa shape index (κ1) is 10.1. The van der Waals surface area contributed by atoms with E-state index in [0.29, 0.717) is 0 Å². The fourth-order valence-electron chi connectivity index (χ4n) is 1.09. The molecule has 55 valence electrons. The van der Waals surface area contributed by atoms with Crippen molar-refractivity contribution in [1.29, 1.82) is 0 Å². The molecule has 1 radical (unpaired) electrons. The summed E-state index contributed by atoms with van der Waals surface area (Å²) in [5.41, 5.74) is 0.971. The molecule has 0 unspecified atom stereocenters. The molecule has 3 heteroatoms. The van der Waals surface area contributed by atoms with E-state index in [-0.39, 0.29) is 29.6 Å². The summed E-state index contributed by atoms with van der Waals surface area (Å²) in [6.45, 7) is 0. The molecule has 1 aromatic carbocycles. The Hall–Kier alpha value is -0.0200. The van der Waals surface area contributed by atoms with E-state index >= 15 is 0 Å². The minimum atomic E-state index is 0. The Morgan fingerprint density at radius 3 is 2.58 bits per heavy atom. The fourth-order valence-corrected chi connectivity index (χ4v) is 1.36. The van der Waals surface area contributed by atoms with E-state index in [1.54, 1.807) is 6.20 Å². The second kappa shape index (κ2) is 4.28. The van der Waals surface area contributed by atoms with Gasteiger partial charge in [0.25, 0.3) is 0 Å². The first-order chi connectivity index (χ1) is 5.38. The number of hydrogen-bond acceptors (Lipinski definition) is 2. The van der Waals surface area contributed by atoms with Crippen LogP contribution < -0.4 is 0 Å². The molecule has 0 aliphatic carbocycles. The fraction of sp³-hybridized carbons (Fsp3) is 0. The van der Waals surface area contributed by atoms with Gasteiger partial charge in [0.05, 0.1) is 5.52 Å². The van der Waals surface area contributed by atoms with Crippen LogP contribution in [0.1, 0.15) is 0 Å². The van der Waals surface area contributed by atoms with Crippen LogP contribution in [0.4, 0.5) is 0 Å². The average molecular weight is 184 g/mol. The summed E-state index contributed by atoms with van der Waals surface area (Å²) in [6, 6.07) is 9.91. The number of fused-ring (bicyclic) bond motifs is 1. The van der Waals surface area contributed by atoms with Gasteiger partial charge in [0.15, 0.2) is 0 Å². The van der Waals surface area contributed by atoms with E-state index in [9.17, 15) is 0 Å². The van der Waals surface area contributed by atoms with Crippen LogP contribution in [0.2, 0.25) is 0 Å². The Bertz CT molecular complexity index is 384. The minimum absolute atomic E-state index is 0. The number of hydrogen-bond donors (Lipinski definition) is 1. The maximum atomic E-state index is 4.29. The first-order valence-corrected chi connectivity index (χ1v) is 3.85. The molecule has 0 saturated carbocycles. The van der Waals surface area contributed by atoms with Crippen LogP contribution in [-0.4, -0.2) is 34.5 Å². The Kier molecular flexibility index (Phi) is 3.59. The monoisotopic (exact) mass is 184 g/mol. The molecule has 12 heavy (non-hydrogen) atoms. The maximum absolute atomic E-state index is 4.29. The molecular formula is C9H7NNaS. The van der Waals surface area contributed by atoms with Gasteiger partial charge in [-0.2, -0.15) is 0 Å². The minimum Gasteiger partial charge on any atom is -0.255 e. The molecule has 1 nitrogen and oxygen atoms in total. The summed E-state index contributed by atoms with van der Waals surface area (Å²) in [4.78, 5) is 5.14. The van der Waals surface area contributed by atoms with Crippen LogP contribution in [0.15, 0.2) is 41.4 Å². The molecule has 0 fully saturated rings. The third-order valence-corrected chi connectivity index (χ3v) is 1.97. The molecule has 0 atom stereocenters. The van der Waals surface area contributed by atoms with E-state index in [1.165, 1.54) is 0 Å². The van der Waals surface area contributed by atoms with Crippen LogP contribution >= 0.6 is 12.6 Å². The van der Waals surface area contributed by atoms with Crippen LogP contribution in [0, 0.1) is 0 Å². The summed E-state index contributed by atoms with van der Waals surface area (Å²) < 4.78 is 0. The van der Waals surface area contributed by atoms with Crippen molar-refractivity contribution in [2.75, 3.05) is 0 Å². The van der Waals surface area contributed by atoms with Crippen molar-refractivity contribution in [3.63, 3.8) is 0 Å². The number of nitrogens with zero attached hydrogens (tertiary/aromatic N) is 1. The number of rotatable bonds is 0. The van der Waals surface area contributed by atoms with Crippen LogP contribution in [-0.2, 0) is 0 Å². The number of pyridine rings is 1. The Morgan fingerprint density at radius 2 is 1.83 bits per heavy atom. The molecule has 2 aromatic rings. The van der Waals surface area contributed by atoms with Crippen molar-refractivity contribution >= 4 is 53.1 Å². The molecule has 0 saturated heterocycles. The molecule has 0 aliphatic heterocycles. The van der Waals surface area contributed by atoms with Gasteiger partial charge in [0.1, 0.15) is 0 Å². The Balaban J connectivity index is 0.000000720. The van der Waals surface area contributed by atoms with Crippen molar-refractivity contribution in [2.24, 2.45) is 0 Å². The number of thiol groups is 1. The van der Waals surface area contributed by atoms with Crippen molar-refractivity contribution < 1.29 is 0 Å². The summed E-state index contributed by atoms with van der Waals surface area (Å²) in [5, 5.41) is 1.14. The van der Waals surface area contributed by atoms with E-state index in [0.717, 1.165) is 15.8 Å². The van der Waals surface area contributed by atoms with Gasteiger partial charge in [0, 0.05) is 46.0 Å². The van der Waals surface area contributed by atoms with Gasteiger partial charge >= 0.3 is 0 Å². The third kappa shape index (κ3) is 1.83. The molecule has 1 heterocycles. The zero-order valence-electron chi connectivity index (χ0n) is 6.86. The van der Waals surface area contributed by atoms with Crippen molar-refractivity contribution in [1.82, 2.24) is 4.98 Å². The Labute approximate surface area is 98.9 Å². The van der Waals surface area contributed by atoms with Crippen molar-refractivity contribution in [2.45, 2.75) is 4.90 Å². The van der Waals surface area contributed by atoms with Gasteiger partial charge in [-0.05, 0) is 12.1 Å². The van der Waals surface area contributed by atoms with Gasteiger partial charge in [-0.3, -0.25) is 4.98 Å². The summed E-state index contributed by atoms with van der Waals surface area (Å²) >= 11 is 4.29. The predicted molar refractivity (Wildman–Crippen MR) is 54.7 cm³/mol. The smallest absolute Gasteiger partial charge is 0.0835 e.